The lowest BCUT2D eigenvalue weighted by Gasteiger charge is -2.04. The molecule has 0 aliphatic rings. The van der Waals surface area contributed by atoms with Crippen molar-refractivity contribution in [3.8, 4) is 0 Å². The third kappa shape index (κ3) is 6.41. The van der Waals surface area contributed by atoms with Gasteiger partial charge in [-0.25, -0.2) is 0 Å². The SMILES string of the molecule is CCOC(=O)C/C=C(/C)c1ccc(CCN)cc1.Cl. The Bertz CT molecular complexity index is 413. The lowest BCUT2D eigenvalue weighted by atomic mass is 10.0. The Labute approximate surface area is 121 Å². The second-order valence-corrected chi connectivity index (χ2v) is 4.13. The number of hydrogen-bond donors (Lipinski definition) is 1. The summed E-state index contributed by atoms with van der Waals surface area (Å²) in [5.74, 6) is -0.184. The van der Waals surface area contributed by atoms with Crippen molar-refractivity contribution in [1.29, 1.82) is 0 Å². The highest BCUT2D eigenvalue weighted by Crippen LogP contribution is 2.15. The molecule has 0 bridgehead atoms. The molecule has 0 aliphatic carbocycles. The van der Waals surface area contributed by atoms with Crippen molar-refractivity contribution in [1.82, 2.24) is 0 Å². The molecule has 0 radical (unpaired) electrons. The minimum Gasteiger partial charge on any atom is -0.466 e. The first-order valence-electron chi connectivity index (χ1n) is 6.29. The Morgan fingerprint density at radius 1 is 1.32 bits per heavy atom. The summed E-state index contributed by atoms with van der Waals surface area (Å²) in [5, 5.41) is 0. The van der Waals surface area contributed by atoms with Crippen molar-refractivity contribution in [3.05, 3.63) is 41.5 Å². The van der Waals surface area contributed by atoms with Crippen LogP contribution in [0.5, 0.6) is 0 Å². The molecule has 0 heterocycles. The molecule has 1 aromatic rings. The molecule has 19 heavy (non-hydrogen) atoms. The zero-order valence-corrected chi connectivity index (χ0v) is 12.3. The van der Waals surface area contributed by atoms with E-state index in [2.05, 4.69) is 24.3 Å². The maximum absolute atomic E-state index is 11.2. The number of allylic oxidation sites excluding steroid dienone is 1. The summed E-state index contributed by atoms with van der Waals surface area (Å²) in [6.45, 7) is 4.90. The van der Waals surface area contributed by atoms with Crippen LogP contribution < -0.4 is 5.73 Å². The average Bonchev–Trinajstić information content (AvgIpc) is 2.37. The summed E-state index contributed by atoms with van der Waals surface area (Å²) in [6, 6.07) is 8.26. The van der Waals surface area contributed by atoms with Crippen LogP contribution >= 0.6 is 12.4 Å². The van der Waals surface area contributed by atoms with Gasteiger partial charge >= 0.3 is 5.97 Å². The van der Waals surface area contributed by atoms with Gasteiger partial charge < -0.3 is 10.5 Å². The number of carbonyl (C=O) groups excluding carboxylic acids is 1. The van der Waals surface area contributed by atoms with E-state index in [0.717, 1.165) is 17.6 Å². The predicted octanol–water partition coefficient (Wildman–Crippen LogP) is 2.97. The Morgan fingerprint density at radius 2 is 1.95 bits per heavy atom. The molecule has 1 aromatic carbocycles. The van der Waals surface area contributed by atoms with E-state index in [1.54, 1.807) is 0 Å². The summed E-state index contributed by atoms with van der Waals surface area (Å²) in [6.07, 6.45) is 3.12. The second-order valence-electron chi connectivity index (χ2n) is 4.13. The molecule has 3 nitrogen and oxygen atoms in total. The maximum Gasteiger partial charge on any atom is 0.309 e. The van der Waals surface area contributed by atoms with E-state index in [1.165, 1.54) is 5.56 Å². The molecule has 0 aliphatic heterocycles. The first-order valence-corrected chi connectivity index (χ1v) is 6.29. The number of rotatable bonds is 6. The van der Waals surface area contributed by atoms with Gasteiger partial charge in [0, 0.05) is 0 Å². The fourth-order valence-corrected chi connectivity index (χ4v) is 1.68. The van der Waals surface area contributed by atoms with Gasteiger partial charge in [-0.2, -0.15) is 0 Å². The topological polar surface area (TPSA) is 52.3 Å². The molecule has 1 rings (SSSR count). The van der Waals surface area contributed by atoms with Gasteiger partial charge in [0.2, 0.25) is 0 Å². The highest BCUT2D eigenvalue weighted by molar-refractivity contribution is 5.85. The van der Waals surface area contributed by atoms with Gasteiger partial charge in [0.1, 0.15) is 0 Å². The van der Waals surface area contributed by atoms with Crippen LogP contribution in [-0.4, -0.2) is 19.1 Å². The Hall–Kier alpha value is -1.32. The van der Waals surface area contributed by atoms with Crippen molar-refractivity contribution in [2.45, 2.75) is 26.7 Å². The molecule has 0 saturated heterocycles. The Balaban J connectivity index is 0.00000324. The fourth-order valence-electron chi connectivity index (χ4n) is 1.68. The minimum absolute atomic E-state index is 0. The standard InChI is InChI=1S/C15H21NO2.ClH/c1-3-18-15(17)9-4-12(2)14-7-5-13(6-8-14)10-11-16;/h4-8H,3,9-11,16H2,1-2H3;1H/b12-4-;. The summed E-state index contributed by atoms with van der Waals surface area (Å²) in [7, 11) is 0. The van der Waals surface area contributed by atoms with Crippen molar-refractivity contribution in [3.63, 3.8) is 0 Å². The molecule has 0 aromatic heterocycles. The first kappa shape index (κ1) is 17.7. The number of hydrogen-bond acceptors (Lipinski definition) is 3. The van der Waals surface area contributed by atoms with Crippen LogP contribution in [-0.2, 0) is 16.0 Å². The molecule has 0 unspecified atom stereocenters. The number of benzene rings is 1. The zero-order valence-electron chi connectivity index (χ0n) is 11.5. The molecule has 106 valence electrons. The predicted molar refractivity (Wildman–Crippen MR) is 81.3 cm³/mol. The summed E-state index contributed by atoms with van der Waals surface area (Å²) in [5.41, 5.74) is 8.95. The Morgan fingerprint density at radius 3 is 2.47 bits per heavy atom. The second kappa shape index (κ2) is 9.59. The van der Waals surface area contributed by atoms with Crippen LogP contribution in [0.1, 0.15) is 31.4 Å². The number of esters is 1. The van der Waals surface area contributed by atoms with Gasteiger partial charge in [-0.1, -0.05) is 30.3 Å². The first-order chi connectivity index (χ1) is 8.67. The van der Waals surface area contributed by atoms with Crippen molar-refractivity contribution < 1.29 is 9.53 Å². The van der Waals surface area contributed by atoms with Gasteiger partial charge in [0.05, 0.1) is 13.0 Å². The molecule has 4 heteroatoms. The molecule has 0 spiro atoms. The van der Waals surface area contributed by atoms with E-state index >= 15 is 0 Å². The fraction of sp³-hybridized carbons (Fsp3) is 0.400. The van der Waals surface area contributed by atoms with E-state index in [1.807, 2.05) is 19.9 Å². The summed E-state index contributed by atoms with van der Waals surface area (Å²) < 4.78 is 4.88. The van der Waals surface area contributed by atoms with Gasteiger partial charge in [-0.15, -0.1) is 12.4 Å². The average molecular weight is 284 g/mol. The van der Waals surface area contributed by atoms with Crippen LogP contribution in [0.25, 0.3) is 5.57 Å². The van der Waals surface area contributed by atoms with Crippen LogP contribution in [0.15, 0.2) is 30.3 Å². The monoisotopic (exact) mass is 283 g/mol. The molecule has 2 N–H and O–H groups in total. The summed E-state index contributed by atoms with van der Waals surface area (Å²) in [4.78, 5) is 11.2. The van der Waals surface area contributed by atoms with Crippen molar-refractivity contribution >= 4 is 23.9 Å². The van der Waals surface area contributed by atoms with Gasteiger partial charge in [0.25, 0.3) is 0 Å². The van der Waals surface area contributed by atoms with Crippen molar-refractivity contribution in [2.24, 2.45) is 5.73 Å². The van der Waals surface area contributed by atoms with E-state index in [9.17, 15) is 4.79 Å². The quantitative estimate of drug-likeness (QED) is 0.817. The lowest BCUT2D eigenvalue weighted by molar-refractivity contribution is -0.142. The molecular weight excluding hydrogens is 262 g/mol. The Kier molecular flexibility index (Phi) is 8.92. The van der Waals surface area contributed by atoms with Crippen molar-refractivity contribution in [2.75, 3.05) is 13.2 Å². The number of halogens is 1. The van der Waals surface area contributed by atoms with Gasteiger partial charge in [-0.3, -0.25) is 4.79 Å². The number of carbonyl (C=O) groups is 1. The lowest BCUT2D eigenvalue weighted by Crippen LogP contribution is -2.02. The zero-order chi connectivity index (χ0) is 13.4. The minimum atomic E-state index is -0.184. The van der Waals surface area contributed by atoms with Gasteiger partial charge in [0.15, 0.2) is 0 Å². The largest absolute Gasteiger partial charge is 0.466 e. The summed E-state index contributed by atoms with van der Waals surface area (Å²) >= 11 is 0. The third-order valence-corrected chi connectivity index (χ3v) is 2.72. The normalized spacial score (nSPS) is 10.8. The molecular formula is C15H22ClNO2. The number of nitrogens with two attached hydrogens (primary N) is 1. The van der Waals surface area contributed by atoms with Crippen LogP contribution in [0.4, 0.5) is 0 Å². The molecule has 0 fully saturated rings. The molecule has 0 amide bonds. The van der Waals surface area contributed by atoms with Crippen LogP contribution in [0, 0.1) is 0 Å². The van der Waals surface area contributed by atoms with E-state index in [4.69, 9.17) is 10.5 Å². The highest BCUT2D eigenvalue weighted by atomic mass is 35.5. The van der Waals surface area contributed by atoms with Crippen LogP contribution in [0.3, 0.4) is 0 Å². The van der Waals surface area contributed by atoms with E-state index in [-0.39, 0.29) is 18.4 Å². The smallest absolute Gasteiger partial charge is 0.309 e. The third-order valence-electron chi connectivity index (χ3n) is 2.72. The van der Waals surface area contributed by atoms with E-state index in [0.29, 0.717) is 19.6 Å². The van der Waals surface area contributed by atoms with Crippen LogP contribution in [0.2, 0.25) is 0 Å². The maximum atomic E-state index is 11.2. The number of ether oxygens (including phenoxy) is 1. The molecule has 0 atom stereocenters. The van der Waals surface area contributed by atoms with Gasteiger partial charge in [-0.05, 0) is 43.5 Å². The molecule has 0 saturated carbocycles. The van der Waals surface area contributed by atoms with E-state index < -0.39 is 0 Å². The highest BCUT2D eigenvalue weighted by Gasteiger charge is 2.00.